The van der Waals surface area contributed by atoms with Crippen LogP contribution in [0.25, 0.3) is 11.3 Å². The van der Waals surface area contributed by atoms with Gasteiger partial charge in [0.2, 0.25) is 5.91 Å². The molecule has 7 nitrogen and oxygen atoms in total. The molecule has 4 rings (SSSR count). The lowest BCUT2D eigenvalue weighted by molar-refractivity contribution is -0.135. The SMILES string of the molecule is COC(=O)NC(C(=O)N1CCCC1c1[nH]c(-c2ccc(Br)cc2)c2c1COC2)C(C)C. The average molecular weight is 490 g/mol. The van der Waals surface area contributed by atoms with Gasteiger partial charge in [-0.15, -0.1) is 0 Å². The van der Waals surface area contributed by atoms with Crippen molar-refractivity contribution in [1.82, 2.24) is 15.2 Å². The van der Waals surface area contributed by atoms with Crippen molar-refractivity contribution in [3.63, 3.8) is 0 Å². The van der Waals surface area contributed by atoms with Gasteiger partial charge in [0.05, 0.1) is 32.1 Å². The van der Waals surface area contributed by atoms with Gasteiger partial charge in [0.25, 0.3) is 0 Å². The van der Waals surface area contributed by atoms with Crippen molar-refractivity contribution >= 4 is 27.9 Å². The van der Waals surface area contributed by atoms with Crippen LogP contribution < -0.4 is 5.32 Å². The second-order valence-electron chi connectivity index (χ2n) is 8.42. The van der Waals surface area contributed by atoms with Crippen LogP contribution in [0, 0.1) is 5.92 Å². The van der Waals surface area contributed by atoms with Gasteiger partial charge in [-0.2, -0.15) is 0 Å². The van der Waals surface area contributed by atoms with E-state index in [0.717, 1.165) is 39.8 Å². The number of H-pyrrole nitrogens is 1. The Kier molecular flexibility index (Phi) is 6.39. The first-order valence-electron chi connectivity index (χ1n) is 10.6. The number of rotatable bonds is 5. The van der Waals surface area contributed by atoms with E-state index in [9.17, 15) is 9.59 Å². The van der Waals surface area contributed by atoms with Crippen molar-refractivity contribution in [2.45, 2.75) is 52.0 Å². The molecule has 1 saturated heterocycles. The maximum atomic E-state index is 13.4. The number of aromatic nitrogens is 1. The lowest BCUT2D eigenvalue weighted by Gasteiger charge is -2.31. The highest BCUT2D eigenvalue weighted by Crippen LogP contribution is 2.41. The molecule has 0 aliphatic carbocycles. The molecule has 2 atom stereocenters. The molecular weight excluding hydrogens is 462 g/mol. The van der Waals surface area contributed by atoms with Gasteiger partial charge in [-0.1, -0.05) is 41.9 Å². The molecule has 166 valence electrons. The van der Waals surface area contributed by atoms with Crippen LogP contribution in [0.2, 0.25) is 0 Å². The third-order valence-corrected chi connectivity index (χ3v) is 6.67. The summed E-state index contributed by atoms with van der Waals surface area (Å²) in [5.41, 5.74) is 5.54. The van der Waals surface area contributed by atoms with E-state index in [1.165, 1.54) is 12.7 Å². The second kappa shape index (κ2) is 9.04. The molecule has 1 fully saturated rings. The van der Waals surface area contributed by atoms with Crippen LogP contribution in [0.4, 0.5) is 4.79 Å². The maximum Gasteiger partial charge on any atom is 0.407 e. The summed E-state index contributed by atoms with van der Waals surface area (Å²) in [5.74, 6) is -0.126. The zero-order valence-electron chi connectivity index (χ0n) is 18.0. The van der Waals surface area contributed by atoms with Crippen molar-refractivity contribution in [2.75, 3.05) is 13.7 Å². The molecule has 0 bridgehead atoms. The first-order valence-corrected chi connectivity index (χ1v) is 11.4. The number of methoxy groups -OCH3 is 1. The largest absolute Gasteiger partial charge is 0.453 e. The number of ether oxygens (including phenoxy) is 2. The summed E-state index contributed by atoms with van der Waals surface area (Å²) in [4.78, 5) is 30.8. The molecule has 0 radical (unpaired) electrons. The maximum absolute atomic E-state index is 13.4. The quantitative estimate of drug-likeness (QED) is 0.646. The molecule has 1 aromatic carbocycles. The number of alkyl carbamates (subject to hydrolysis) is 1. The Morgan fingerprint density at radius 2 is 1.94 bits per heavy atom. The Balaban J connectivity index is 1.66. The van der Waals surface area contributed by atoms with E-state index in [4.69, 9.17) is 9.47 Å². The Morgan fingerprint density at radius 1 is 1.23 bits per heavy atom. The van der Waals surface area contributed by atoms with Crippen LogP contribution in [-0.2, 0) is 27.5 Å². The van der Waals surface area contributed by atoms with Crippen LogP contribution in [0.5, 0.6) is 0 Å². The molecule has 2 unspecified atom stereocenters. The minimum atomic E-state index is -0.627. The monoisotopic (exact) mass is 489 g/mol. The number of likely N-dealkylation sites (tertiary alicyclic amines) is 1. The fourth-order valence-corrected chi connectivity index (χ4v) is 4.80. The molecular formula is C23H28BrN3O4. The summed E-state index contributed by atoms with van der Waals surface area (Å²) in [6.45, 7) is 5.63. The molecule has 0 saturated carbocycles. The molecule has 1 aromatic heterocycles. The van der Waals surface area contributed by atoms with Crippen LogP contribution in [0.15, 0.2) is 28.7 Å². The lowest BCUT2D eigenvalue weighted by atomic mass is 10.0. The molecule has 0 spiro atoms. The number of nitrogens with zero attached hydrogens (tertiary/aromatic N) is 1. The van der Waals surface area contributed by atoms with Gasteiger partial charge in [-0.3, -0.25) is 4.79 Å². The predicted molar refractivity (Wildman–Crippen MR) is 120 cm³/mol. The summed E-state index contributed by atoms with van der Waals surface area (Å²) in [6, 6.07) is 7.51. The number of benzene rings is 1. The van der Waals surface area contributed by atoms with Gasteiger partial charge in [-0.05, 0) is 36.5 Å². The molecule has 3 heterocycles. The van der Waals surface area contributed by atoms with E-state index >= 15 is 0 Å². The number of amides is 2. The highest BCUT2D eigenvalue weighted by atomic mass is 79.9. The minimum Gasteiger partial charge on any atom is -0.453 e. The number of nitrogens with one attached hydrogen (secondary N) is 2. The van der Waals surface area contributed by atoms with Crippen LogP contribution >= 0.6 is 15.9 Å². The van der Waals surface area contributed by atoms with E-state index in [1.54, 1.807) is 0 Å². The summed E-state index contributed by atoms with van der Waals surface area (Å²) in [7, 11) is 1.31. The second-order valence-corrected chi connectivity index (χ2v) is 9.33. The van der Waals surface area contributed by atoms with Gasteiger partial charge in [0, 0.05) is 27.8 Å². The van der Waals surface area contributed by atoms with E-state index in [0.29, 0.717) is 19.8 Å². The Morgan fingerprint density at radius 3 is 2.61 bits per heavy atom. The van der Waals surface area contributed by atoms with Gasteiger partial charge in [0.1, 0.15) is 6.04 Å². The zero-order chi connectivity index (χ0) is 22.1. The third-order valence-electron chi connectivity index (χ3n) is 6.14. The highest BCUT2D eigenvalue weighted by molar-refractivity contribution is 9.10. The molecule has 2 aliphatic heterocycles. The van der Waals surface area contributed by atoms with Crippen molar-refractivity contribution in [2.24, 2.45) is 5.92 Å². The molecule has 8 heteroatoms. The summed E-state index contributed by atoms with van der Waals surface area (Å²) < 4.78 is 11.5. The molecule has 31 heavy (non-hydrogen) atoms. The van der Waals surface area contributed by atoms with E-state index < -0.39 is 12.1 Å². The number of hydrogen-bond acceptors (Lipinski definition) is 4. The number of aromatic amines is 1. The highest BCUT2D eigenvalue weighted by Gasteiger charge is 2.39. The number of carbonyl (C=O) groups is 2. The minimum absolute atomic E-state index is 0.0520. The topological polar surface area (TPSA) is 83.7 Å². The Labute approximate surface area is 190 Å². The number of hydrogen-bond donors (Lipinski definition) is 2. The smallest absolute Gasteiger partial charge is 0.407 e. The van der Waals surface area contributed by atoms with E-state index in [2.05, 4.69) is 38.4 Å². The fraction of sp³-hybridized carbons (Fsp3) is 0.478. The fourth-order valence-electron chi connectivity index (χ4n) is 4.53. The van der Waals surface area contributed by atoms with Crippen LogP contribution in [-0.4, -0.2) is 41.6 Å². The number of carbonyl (C=O) groups excluding carboxylic acids is 2. The molecule has 2 aliphatic rings. The van der Waals surface area contributed by atoms with Gasteiger partial charge < -0.3 is 24.7 Å². The van der Waals surface area contributed by atoms with E-state index in [-0.39, 0.29) is 17.9 Å². The first-order chi connectivity index (χ1) is 14.9. The standard InChI is InChI=1S/C23H28BrN3O4/c1-13(2)19(26-23(29)30-3)22(28)27-10-4-5-18(27)21-17-12-31-11-16(17)20(25-21)14-6-8-15(24)9-7-14/h6-9,13,18-19,25H,4-5,10-12H2,1-3H3,(H,26,29). The molecule has 2 amide bonds. The van der Waals surface area contributed by atoms with Gasteiger partial charge >= 0.3 is 6.09 Å². The normalized spacial score (nSPS) is 18.9. The molecule has 2 N–H and O–H groups in total. The lowest BCUT2D eigenvalue weighted by Crippen LogP contribution is -2.51. The van der Waals surface area contributed by atoms with Crippen LogP contribution in [0.1, 0.15) is 49.6 Å². The number of halogens is 1. The summed E-state index contributed by atoms with van der Waals surface area (Å²) >= 11 is 3.49. The Hall–Kier alpha value is -2.32. The Bertz CT molecular complexity index is 970. The first kappa shape index (κ1) is 21.9. The zero-order valence-corrected chi connectivity index (χ0v) is 19.6. The van der Waals surface area contributed by atoms with Crippen molar-refractivity contribution < 1.29 is 19.1 Å². The molecule has 2 aromatic rings. The van der Waals surface area contributed by atoms with E-state index in [1.807, 2.05) is 30.9 Å². The summed E-state index contributed by atoms with van der Waals surface area (Å²) in [5, 5.41) is 2.71. The van der Waals surface area contributed by atoms with Crippen LogP contribution in [0.3, 0.4) is 0 Å². The van der Waals surface area contributed by atoms with Crippen molar-refractivity contribution in [1.29, 1.82) is 0 Å². The van der Waals surface area contributed by atoms with Gasteiger partial charge in [-0.25, -0.2) is 4.79 Å². The third kappa shape index (κ3) is 4.23. The summed E-state index contributed by atoms with van der Waals surface area (Å²) in [6.07, 6.45) is 1.21. The predicted octanol–water partition coefficient (Wildman–Crippen LogP) is 4.52. The average Bonchev–Trinajstić information content (AvgIpc) is 3.48. The van der Waals surface area contributed by atoms with Gasteiger partial charge in [0.15, 0.2) is 0 Å². The van der Waals surface area contributed by atoms with Crippen molar-refractivity contribution in [3.8, 4) is 11.3 Å². The van der Waals surface area contributed by atoms with Crippen molar-refractivity contribution in [3.05, 3.63) is 45.6 Å². The number of fused-ring (bicyclic) bond motifs is 1.